The second kappa shape index (κ2) is 7.86. The van der Waals surface area contributed by atoms with Crippen LogP contribution in [-0.2, 0) is 17.3 Å². The van der Waals surface area contributed by atoms with E-state index in [2.05, 4.69) is 17.3 Å². The van der Waals surface area contributed by atoms with Crippen molar-refractivity contribution in [1.29, 1.82) is 0 Å². The molecule has 0 saturated heterocycles. The molecule has 0 radical (unpaired) electrons. The fraction of sp³-hybridized carbons (Fsp3) is 0.600. The van der Waals surface area contributed by atoms with E-state index in [4.69, 9.17) is 5.11 Å². The van der Waals surface area contributed by atoms with Crippen LogP contribution in [0.3, 0.4) is 0 Å². The van der Waals surface area contributed by atoms with Crippen LogP contribution in [0.4, 0.5) is 9.59 Å². The third-order valence-electron chi connectivity index (χ3n) is 0.676. The first kappa shape index (κ1) is 12.2. The zero-order valence-corrected chi connectivity index (χ0v) is 8.85. The predicted molar refractivity (Wildman–Crippen MR) is 33.0 cm³/mol. The first-order valence-corrected chi connectivity index (χ1v) is 5.98. The van der Waals surface area contributed by atoms with Gasteiger partial charge in [-0.25, -0.2) is 0 Å². The van der Waals surface area contributed by atoms with Gasteiger partial charge in [-0.15, -0.1) is 0 Å². The van der Waals surface area contributed by atoms with Crippen LogP contribution in [0.2, 0.25) is 0 Å². The maximum atomic E-state index is 10.5. The molecule has 0 aromatic carbocycles. The molecule has 0 rings (SSSR count). The van der Waals surface area contributed by atoms with E-state index < -0.39 is 47.5 Å². The van der Waals surface area contributed by atoms with E-state index in [0.717, 1.165) is 0 Å². The van der Waals surface area contributed by atoms with Gasteiger partial charge >= 0.3 is 84.4 Å². The van der Waals surface area contributed by atoms with E-state index >= 15 is 0 Å². The summed E-state index contributed by atoms with van der Waals surface area (Å²) in [5.74, 6) is 0. The number of hydrogen-bond acceptors (Lipinski definition) is 7. The van der Waals surface area contributed by atoms with Gasteiger partial charge in [0.1, 0.15) is 0 Å². The van der Waals surface area contributed by atoms with Gasteiger partial charge in [0.15, 0.2) is 0 Å². The van der Waals surface area contributed by atoms with Crippen molar-refractivity contribution in [2.75, 3.05) is 18.5 Å². The van der Waals surface area contributed by atoms with Crippen molar-refractivity contribution in [2.45, 2.75) is 0 Å². The van der Waals surface area contributed by atoms with Crippen molar-refractivity contribution in [1.82, 2.24) is 0 Å². The van der Waals surface area contributed by atoms with Gasteiger partial charge in [0.25, 0.3) is 0 Å². The molecule has 1 N–H and O–H groups in total. The molecule has 0 bridgehead atoms. The van der Waals surface area contributed by atoms with Crippen molar-refractivity contribution in [3.8, 4) is 0 Å². The number of aliphatic hydroxyl groups is 1. The van der Waals surface area contributed by atoms with E-state index in [-0.39, 0.29) is 0 Å². The Morgan fingerprint density at radius 3 is 2.38 bits per heavy atom. The normalized spacial score (nSPS) is 9.08. The molecule has 0 aliphatic carbocycles. The summed E-state index contributed by atoms with van der Waals surface area (Å²) in [5.41, 5.74) is 0. The third-order valence-corrected chi connectivity index (χ3v) is 1.48. The molecule has 78 valence electrons. The van der Waals surface area contributed by atoms with Gasteiger partial charge in [0.05, 0.1) is 0 Å². The summed E-state index contributed by atoms with van der Waals surface area (Å²) < 4.78 is 16.8. The molecule has 0 aliphatic heterocycles. The van der Waals surface area contributed by atoms with E-state index in [1.54, 1.807) is 4.93 Å². The number of hydrogen-bond donors (Lipinski definition) is 1. The Balaban J connectivity index is 3.33. The summed E-state index contributed by atoms with van der Waals surface area (Å²) in [6.45, 7) is -1.38. The van der Waals surface area contributed by atoms with Gasteiger partial charge in [-0.3, -0.25) is 0 Å². The molecule has 8 heteroatoms. The molecule has 0 amide bonds. The Kier molecular flexibility index (Phi) is 7.39. The predicted octanol–water partition coefficient (Wildman–Crippen LogP) is -3.17. The molecule has 0 saturated carbocycles. The molecular weight excluding hydrogens is 299 g/mol. The second-order valence-electron chi connectivity index (χ2n) is 1.41. The van der Waals surface area contributed by atoms with Crippen molar-refractivity contribution in [3.05, 3.63) is 0 Å². The first-order valence-electron chi connectivity index (χ1n) is 2.94. The summed E-state index contributed by atoms with van der Waals surface area (Å²) in [6, 6.07) is 0. The first-order chi connectivity index (χ1) is 6.20. The van der Waals surface area contributed by atoms with Crippen LogP contribution in [0, 0.1) is 0 Å². The zero-order chi connectivity index (χ0) is 10.1. The Labute approximate surface area is 84.7 Å². The molecule has 0 aliphatic rings. The number of rotatable bonds is 4. The van der Waals surface area contributed by atoms with E-state index in [0.29, 0.717) is 0 Å². The summed E-state index contributed by atoms with van der Waals surface area (Å²) >= 11 is -0.660. The molecular formula is C5H8IO7-. The zero-order valence-electron chi connectivity index (χ0n) is 6.69. The Bertz CT molecular complexity index is 152. The van der Waals surface area contributed by atoms with Crippen LogP contribution in [0.15, 0.2) is 0 Å². The van der Waals surface area contributed by atoms with Crippen LogP contribution in [0.5, 0.6) is 0 Å². The van der Waals surface area contributed by atoms with Crippen LogP contribution >= 0.6 is 0 Å². The Morgan fingerprint density at radius 1 is 1.23 bits per heavy atom. The number of ether oxygens (including phenoxy) is 3. The molecule has 0 unspecified atom stereocenters. The number of carbonyl (C=O) groups is 2. The quantitative estimate of drug-likeness (QED) is 0.254. The van der Waals surface area contributed by atoms with Gasteiger partial charge in [-0.1, -0.05) is 0 Å². The van der Waals surface area contributed by atoms with Crippen molar-refractivity contribution in [2.24, 2.45) is 0 Å². The topological polar surface area (TPSA) is 91.3 Å². The second-order valence-corrected chi connectivity index (χ2v) is 2.73. The number of halogens is 1. The van der Waals surface area contributed by atoms with Gasteiger partial charge in [0, 0.05) is 0 Å². The van der Waals surface area contributed by atoms with Crippen molar-refractivity contribution < 1.29 is 53.6 Å². The van der Waals surface area contributed by atoms with E-state index in [1.807, 2.05) is 0 Å². The molecule has 0 atom stereocenters. The average Bonchev–Trinajstić information content (AvgIpc) is 2.05. The standard InChI is InChI=1S/C5H8IO7/c1-6-13-5(9)12-3-11-4(8)10-2-7/h7H,2-3H2,1H3/q-1. The third kappa shape index (κ3) is 7.59. The van der Waals surface area contributed by atoms with E-state index in [1.165, 1.54) is 0 Å². The number of aliphatic hydroxyl groups excluding tert-OH is 1. The molecule has 13 heavy (non-hydrogen) atoms. The van der Waals surface area contributed by atoms with Crippen molar-refractivity contribution >= 4 is 12.3 Å². The fourth-order valence-corrected chi connectivity index (χ4v) is 0.792. The van der Waals surface area contributed by atoms with Gasteiger partial charge in [-0.05, 0) is 0 Å². The van der Waals surface area contributed by atoms with Gasteiger partial charge in [0.2, 0.25) is 0 Å². The van der Waals surface area contributed by atoms with Crippen molar-refractivity contribution in [3.63, 3.8) is 0 Å². The monoisotopic (exact) mass is 307 g/mol. The van der Waals surface area contributed by atoms with Crippen LogP contribution in [0.25, 0.3) is 0 Å². The molecule has 0 spiro atoms. The Morgan fingerprint density at radius 2 is 1.85 bits per heavy atom. The maximum absolute atomic E-state index is 10.5. The van der Waals surface area contributed by atoms with Gasteiger partial charge in [-0.2, -0.15) is 0 Å². The SMILES string of the molecule is C[I-]OC(=O)OCOC(=O)OCO. The summed E-state index contributed by atoms with van der Waals surface area (Å²) in [6.07, 6.45) is -2.02. The molecule has 0 heterocycles. The molecule has 0 aromatic rings. The minimum absolute atomic E-state index is 0.596. The van der Waals surface area contributed by atoms with E-state index in [9.17, 15) is 9.59 Å². The van der Waals surface area contributed by atoms with Gasteiger partial charge < -0.3 is 0 Å². The Hall–Kier alpha value is -0.770. The molecule has 0 fully saturated rings. The summed E-state index contributed by atoms with van der Waals surface area (Å²) in [4.78, 5) is 22.5. The van der Waals surface area contributed by atoms with Crippen LogP contribution in [0.1, 0.15) is 0 Å². The summed E-state index contributed by atoms with van der Waals surface area (Å²) in [7, 11) is 0. The van der Waals surface area contributed by atoms with Crippen LogP contribution < -0.4 is 21.6 Å². The average molecular weight is 307 g/mol. The molecule has 7 nitrogen and oxygen atoms in total. The van der Waals surface area contributed by atoms with Crippen LogP contribution in [-0.4, -0.2) is 35.9 Å². The summed E-state index contributed by atoms with van der Waals surface area (Å²) in [5, 5.41) is 8.08. The number of carbonyl (C=O) groups excluding carboxylic acids is 2. The fourth-order valence-electron chi connectivity index (χ4n) is 0.305. The molecule has 0 aromatic heterocycles. The minimum atomic E-state index is -1.12. The number of alkyl halides is 1.